The number of aliphatic carboxylic acids is 1. The maximum Gasteiger partial charge on any atom is 0.326 e. The van der Waals surface area contributed by atoms with Gasteiger partial charge in [-0.2, -0.15) is 11.8 Å². The Morgan fingerprint density at radius 3 is 2.37 bits per heavy atom. The molecule has 7 heteroatoms. The molecular weight excluding hydrogens is 268 g/mol. The summed E-state index contributed by atoms with van der Waals surface area (Å²) in [6.45, 7) is 5.55. The molecule has 0 bridgehead atoms. The van der Waals surface area contributed by atoms with Crippen LogP contribution in [0.15, 0.2) is 0 Å². The molecule has 0 aromatic rings. The lowest BCUT2D eigenvalue weighted by molar-refractivity contribution is -0.139. The van der Waals surface area contributed by atoms with Crippen molar-refractivity contribution in [1.82, 2.24) is 10.2 Å². The van der Waals surface area contributed by atoms with E-state index in [-0.39, 0.29) is 6.54 Å². The molecule has 1 atom stereocenters. The summed E-state index contributed by atoms with van der Waals surface area (Å²) >= 11 is 1.53. The fourth-order valence-corrected chi connectivity index (χ4v) is 2.00. The quantitative estimate of drug-likeness (QED) is 0.621. The predicted molar refractivity (Wildman–Crippen MR) is 76.5 cm³/mol. The number of carboxylic acid groups (broad SMARTS) is 1. The van der Waals surface area contributed by atoms with Crippen LogP contribution in [0.1, 0.15) is 27.2 Å². The van der Waals surface area contributed by atoms with Crippen molar-refractivity contribution >= 4 is 23.8 Å². The molecule has 0 saturated heterocycles. The van der Waals surface area contributed by atoms with Gasteiger partial charge in [0.05, 0.1) is 12.1 Å². The fourth-order valence-electron chi connectivity index (χ4n) is 1.53. The summed E-state index contributed by atoms with van der Waals surface area (Å²) in [6, 6.07) is -1.35. The molecule has 2 amide bonds. The molecule has 19 heavy (non-hydrogen) atoms. The van der Waals surface area contributed by atoms with Crippen LogP contribution in [-0.2, 0) is 4.79 Å². The van der Waals surface area contributed by atoms with Crippen LogP contribution in [0, 0.1) is 0 Å². The van der Waals surface area contributed by atoms with E-state index in [9.17, 15) is 14.7 Å². The van der Waals surface area contributed by atoms with Gasteiger partial charge in [-0.3, -0.25) is 0 Å². The van der Waals surface area contributed by atoms with Crippen LogP contribution in [0.2, 0.25) is 0 Å². The minimum atomic E-state index is -1.04. The molecule has 0 unspecified atom stereocenters. The Bertz CT molecular complexity index is 305. The average molecular weight is 292 g/mol. The van der Waals surface area contributed by atoms with Crippen molar-refractivity contribution in [3.8, 4) is 0 Å². The van der Waals surface area contributed by atoms with E-state index in [0.717, 1.165) is 0 Å². The van der Waals surface area contributed by atoms with Gasteiger partial charge in [-0.05, 0) is 39.2 Å². The number of hydrogen-bond donors (Lipinski definition) is 3. The maximum absolute atomic E-state index is 12.0. The van der Waals surface area contributed by atoms with Gasteiger partial charge in [0, 0.05) is 6.54 Å². The Morgan fingerprint density at radius 2 is 2.00 bits per heavy atom. The van der Waals surface area contributed by atoms with Gasteiger partial charge < -0.3 is 20.4 Å². The van der Waals surface area contributed by atoms with Crippen LogP contribution in [-0.4, -0.2) is 63.9 Å². The molecule has 0 spiro atoms. The summed E-state index contributed by atoms with van der Waals surface area (Å²) in [4.78, 5) is 24.4. The average Bonchev–Trinajstić information content (AvgIpc) is 2.29. The Kier molecular flexibility index (Phi) is 7.85. The molecule has 0 rings (SSSR count). The highest BCUT2D eigenvalue weighted by molar-refractivity contribution is 7.98. The molecule has 3 N–H and O–H groups in total. The summed E-state index contributed by atoms with van der Waals surface area (Å²) < 4.78 is 0. The summed E-state index contributed by atoms with van der Waals surface area (Å²) in [5.74, 6) is -0.379. The van der Waals surface area contributed by atoms with Gasteiger partial charge in [-0.15, -0.1) is 0 Å². The van der Waals surface area contributed by atoms with Crippen molar-refractivity contribution in [3.05, 3.63) is 0 Å². The first kappa shape index (κ1) is 18.0. The molecule has 112 valence electrons. The molecule has 0 aliphatic carbocycles. The Morgan fingerprint density at radius 1 is 1.42 bits per heavy atom. The van der Waals surface area contributed by atoms with Crippen LogP contribution in [0.3, 0.4) is 0 Å². The third-order valence-corrected chi connectivity index (χ3v) is 3.10. The SMILES string of the molecule is CCN(CC(C)(C)O)C(=O)N[C@@H](CCSC)C(=O)O. The number of carbonyl (C=O) groups excluding carboxylic acids is 1. The number of amides is 2. The molecule has 0 aliphatic heterocycles. The minimum Gasteiger partial charge on any atom is -0.480 e. The van der Waals surface area contributed by atoms with Crippen LogP contribution in [0.25, 0.3) is 0 Å². The van der Waals surface area contributed by atoms with Crippen molar-refractivity contribution in [2.24, 2.45) is 0 Å². The highest BCUT2D eigenvalue weighted by atomic mass is 32.2. The van der Waals surface area contributed by atoms with E-state index in [1.54, 1.807) is 20.8 Å². The first-order valence-corrected chi connectivity index (χ1v) is 7.60. The van der Waals surface area contributed by atoms with Crippen LogP contribution >= 0.6 is 11.8 Å². The Balaban J connectivity index is 4.55. The maximum atomic E-state index is 12.0. The molecule has 6 nitrogen and oxygen atoms in total. The molecular formula is C12H24N2O4S. The number of thioether (sulfide) groups is 1. The van der Waals surface area contributed by atoms with Crippen molar-refractivity contribution in [2.75, 3.05) is 25.1 Å². The van der Waals surface area contributed by atoms with Crippen molar-refractivity contribution in [2.45, 2.75) is 38.8 Å². The lowest BCUT2D eigenvalue weighted by atomic mass is 10.1. The van der Waals surface area contributed by atoms with Gasteiger partial charge in [0.2, 0.25) is 0 Å². The second-order valence-electron chi connectivity index (χ2n) is 4.95. The van der Waals surface area contributed by atoms with E-state index in [0.29, 0.717) is 18.7 Å². The number of likely N-dealkylation sites (N-methyl/N-ethyl adjacent to an activating group) is 1. The van der Waals surface area contributed by atoms with E-state index < -0.39 is 23.6 Å². The number of nitrogens with zero attached hydrogens (tertiary/aromatic N) is 1. The van der Waals surface area contributed by atoms with Gasteiger partial charge in [0.15, 0.2) is 0 Å². The standard InChI is InChI=1S/C12H24N2O4S/c1-5-14(8-12(2,3)18)11(17)13-9(10(15)16)6-7-19-4/h9,18H,5-8H2,1-4H3,(H,13,17)(H,15,16)/t9-/m0/s1. The third-order valence-electron chi connectivity index (χ3n) is 2.45. The monoisotopic (exact) mass is 292 g/mol. The predicted octanol–water partition coefficient (Wildman–Crippen LogP) is 0.995. The second kappa shape index (κ2) is 8.27. The van der Waals surface area contributed by atoms with Gasteiger partial charge in [-0.1, -0.05) is 0 Å². The molecule has 0 aliphatic rings. The molecule has 0 heterocycles. The zero-order valence-corrected chi connectivity index (χ0v) is 12.8. The third kappa shape index (κ3) is 7.94. The highest BCUT2D eigenvalue weighted by Gasteiger charge is 2.25. The number of aliphatic hydroxyl groups is 1. The van der Waals surface area contributed by atoms with Gasteiger partial charge >= 0.3 is 12.0 Å². The summed E-state index contributed by atoms with van der Waals surface area (Å²) in [6.07, 6.45) is 2.26. The zero-order valence-electron chi connectivity index (χ0n) is 12.0. The summed E-state index contributed by atoms with van der Waals surface area (Å²) in [5, 5.41) is 21.2. The van der Waals surface area contributed by atoms with Crippen LogP contribution in [0.5, 0.6) is 0 Å². The largest absolute Gasteiger partial charge is 0.480 e. The number of hydrogen-bond acceptors (Lipinski definition) is 4. The topological polar surface area (TPSA) is 89.9 Å². The van der Waals surface area contributed by atoms with Gasteiger partial charge in [0.1, 0.15) is 6.04 Å². The Labute approximate surface area is 118 Å². The fraction of sp³-hybridized carbons (Fsp3) is 0.833. The molecule has 0 aromatic heterocycles. The number of urea groups is 1. The lowest BCUT2D eigenvalue weighted by Gasteiger charge is -2.29. The first-order valence-electron chi connectivity index (χ1n) is 6.20. The van der Waals surface area contributed by atoms with Crippen molar-refractivity contribution in [1.29, 1.82) is 0 Å². The first-order chi connectivity index (χ1) is 8.71. The number of carbonyl (C=O) groups is 2. The number of rotatable bonds is 8. The minimum absolute atomic E-state index is 0.157. The van der Waals surface area contributed by atoms with Crippen LogP contribution < -0.4 is 5.32 Å². The normalized spacial score (nSPS) is 12.9. The number of carboxylic acids is 1. The molecule has 0 fully saturated rings. The van der Waals surface area contributed by atoms with E-state index in [2.05, 4.69) is 5.32 Å². The highest BCUT2D eigenvalue weighted by Crippen LogP contribution is 2.06. The van der Waals surface area contributed by atoms with E-state index >= 15 is 0 Å². The zero-order chi connectivity index (χ0) is 15.1. The van der Waals surface area contributed by atoms with Crippen molar-refractivity contribution in [3.63, 3.8) is 0 Å². The van der Waals surface area contributed by atoms with E-state index in [1.807, 2.05) is 6.26 Å². The van der Waals surface area contributed by atoms with Gasteiger partial charge in [0.25, 0.3) is 0 Å². The second-order valence-corrected chi connectivity index (χ2v) is 5.93. The molecule has 0 radical (unpaired) electrons. The van der Waals surface area contributed by atoms with Crippen LogP contribution in [0.4, 0.5) is 4.79 Å². The summed E-state index contributed by atoms with van der Waals surface area (Å²) in [7, 11) is 0. The van der Waals surface area contributed by atoms with E-state index in [1.165, 1.54) is 16.7 Å². The number of nitrogens with one attached hydrogen (secondary N) is 1. The van der Waals surface area contributed by atoms with Gasteiger partial charge in [-0.25, -0.2) is 9.59 Å². The van der Waals surface area contributed by atoms with E-state index in [4.69, 9.17) is 5.11 Å². The summed E-state index contributed by atoms with van der Waals surface area (Å²) in [5.41, 5.74) is -1.01. The lowest BCUT2D eigenvalue weighted by Crippen LogP contribution is -2.51. The molecule has 0 saturated carbocycles. The smallest absolute Gasteiger partial charge is 0.326 e. The Hall–Kier alpha value is -0.950. The van der Waals surface area contributed by atoms with Crippen molar-refractivity contribution < 1.29 is 19.8 Å². The molecule has 0 aromatic carbocycles.